The van der Waals surface area contributed by atoms with Gasteiger partial charge in [-0.1, -0.05) is 23.7 Å². The lowest BCUT2D eigenvalue weighted by Crippen LogP contribution is -2.15. The van der Waals surface area contributed by atoms with E-state index in [1.54, 1.807) is 30.0 Å². The first-order valence-corrected chi connectivity index (χ1v) is 12.5. The molecule has 0 unspecified atom stereocenters. The van der Waals surface area contributed by atoms with Crippen LogP contribution in [0.1, 0.15) is 17.5 Å². The van der Waals surface area contributed by atoms with E-state index in [2.05, 4.69) is 10.0 Å². The Morgan fingerprint density at radius 3 is 2.32 bits per heavy atom. The van der Waals surface area contributed by atoms with Gasteiger partial charge in [0.25, 0.3) is 10.0 Å². The van der Waals surface area contributed by atoms with Crippen molar-refractivity contribution in [1.29, 1.82) is 0 Å². The van der Waals surface area contributed by atoms with Gasteiger partial charge in [-0.3, -0.25) is 9.52 Å². The highest BCUT2D eigenvalue weighted by atomic mass is 35.5. The maximum Gasteiger partial charge on any atom is 0.261 e. The highest BCUT2D eigenvalue weighted by Gasteiger charge is 2.15. The zero-order valence-electron chi connectivity index (χ0n) is 17.2. The van der Waals surface area contributed by atoms with Crippen LogP contribution in [0.25, 0.3) is 0 Å². The molecule has 3 aromatic carbocycles. The second-order valence-electron chi connectivity index (χ2n) is 7.05. The maximum absolute atomic E-state index is 12.7. The minimum Gasteiger partial charge on any atom is -0.326 e. The number of carbonyl (C=O) groups excluding carboxylic acids is 1. The van der Waals surface area contributed by atoms with E-state index in [1.807, 2.05) is 50.2 Å². The van der Waals surface area contributed by atoms with E-state index in [0.29, 0.717) is 28.6 Å². The molecule has 3 aromatic rings. The summed E-state index contributed by atoms with van der Waals surface area (Å²) in [6, 6.07) is 19.2. The minimum atomic E-state index is -3.72. The molecule has 0 heterocycles. The van der Waals surface area contributed by atoms with Crippen molar-refractivity contribution in [3.8, 4) is 0 Å². The van der Waals surface area contributed by atoms with Gasteiger partial charge in [0.2, 0.25) is 5.91 Å². The molecule has 31 heavy (non-hydrogen) atoms. The number of amides is 1. The molecule has 0 atom stereocenters. The molecule has 0 aliphatic carbocycles. The Hall–Kier alpha value is -2.48. The van der Waals surface area contributed by atoms with Gasteiger partial charge in [-0.2, -0.15) is 0 Å². The smallest absolute Gasteiger partial charge is 0.261 e. The monoisotopic (exact) mass is 474 g/mol. The first kappa shape index (κ1) is 23.2. The van der Waals surface area contributed by atoms with E-state index in [4.69, 9.17) is 11.6 Å². The molecule has 0 saturated heterocycles. The van der Waals surface area contributed by atoms with Crippen LogP contribution >= 0.6 is 23.4 Å². The molecule has 0 fully saturated rings. The molecule has 1 amide bonds. The van der Waals surface area contributed by atoms with Crippen molar-refractivity contribution in [2.45, 2.75) is 30.1 Å². The van der Waals surface area contributed by atoms with Crippen LogP contribution in [0.4, 0.5) is 11.4 Å². The van der Waals surface area contributed by atoms with Crippen LogP contribution in [0, 0.1) is 13.8 Å². The Morgan fingerprint density at radius 2 is 1.65 bits per heavy atom. The van der Waals surface area contributed by atoms with Crippen molar-refractivity contribution in [2.75, 3.05) is 15.8 Å². The van der Waals surface area contributed by atoms with Gasteiger partial charge in [0.05, 0.1) is 10.6 Å². The van der Waals surface area contributed by atoms with Crippen molar-refractivity contribution in [2.24, 2.45) is 0 Å². The first-order valence-electron chi connectivity index (χ1n) is 9.61. The third-order valence-electron chi connectivity index (χ3n) is 4.50. The van der Waals surface area contributed by atoms with Crippen molar-refractivity contribution in [1.82, 2.24) is 0 Å². The Balaban J connectivity index is 1.55. The van der Waals surface area contributed by atoms with Crippen molar-refractivity contribution < 1.29 is 13.2 Å². The molecule has 8 heteroatoms. The largest absolute Gasteiger partial charge is 0.326 e. The normalized spacial score (nSPS) is 11.2. The van der Waals surface area contributed by atoms with Crippen LogP contribution < -0.4 is 10.0 Å². The molecular weight excluding hydrogens is 452 g/mol. The molecule has 0 spiro atoms. The third kappa shape index (κ3) is 6.75. The van der Waals surface area contributed by atoms with Crippen molar-refractivity contribution in [3.05, 3.63) is 82.9 Å². The number of hydrogen-bond acceptors (Lipinski definition) is 4. The number of nitrogens with one attached hydrogen (secondary N) is 2. The lowest BCUT2D eigenvalue weighted by molar-refractivity contribution is -0.115. The summed E-state index contributed by atoms with van der Waals surface area (Å²) >= 11 is 7.43. The Labute approximate surface area is 192 Å². The van der Waals surface area contributed by atoms with Gasteiger partial charge < -0.3 is 5.32 Å². The zero-order valence-corrected chi connectivity index (χ0v) is 19.6. The van der Waals surface area contributed by atoms with Gasteiger partial charge in [-0.15, -0.1) is 11.8 Å². The molecule has 3 rings (SSSR count). The highest BCUT2D eigenvalue weighted by molar-refractivity contribution is 7.99. The molecule has 2 N–H and O–H groups in total. The van der Waals surface area contributed by atoms with Crippen LogP contribution in [-0.4, -0.2) is 20.1 Å². The second kappa shape index (κ2) is 10.2. The molecule has 0 bridgehead atoms. The lowest BCUT2D eigenvalue weighted by atomic mass is 10.1. The molecule has 162 valence electrons. The van der Waals surface area contributed by atoms with Crippen LogP contribution in [0.15, 0.2) is 76.5 Å². The van der Waals surface area contributed by atoms with Crippen LogP contribution in [0.3, 0.4) is 0 Å². The average Bonchev–Trinajstić information content (AvgIpc) is 2.72. The fourth-order valence-electron chi connectivity index (χ4n) is 2.78. The second-order valence-corrected chi connectivity index (χ2v) is 10.3. The summed E-state index contributed by atoms with van der Waals surface area (Å²) in [7, 11) is -3.72. The Bertz CT molecular complexity index is 1160. The number of benzene rings is 3. The van der Waals surface area contributed by atoms with E-state index in [1.165, 1.54) is 12.1 Å². The quantitative estimate of drug-likeness (QED) is 0.400. The predicted octanol–water partition coefficient (Wildman–Crippen LogP) is 5.88. The standard InChI is InChI=1S/C23H23ClN2O3S2/c1-16-3-4-17(2)22(15-16)26-31(28,29)21-11-7-19(8-12-21)25-23(27)13-14-30-20-9-5-18(24)6-10-20/h3-12,15,26H,13-14H2,1-2H3,(H,25,27). The molecule has 0 aliphatic rings. The van der Waals surface area contributed by atoms with E-state index in [0.717, 1.165) is 16.0 Å². The number of rotatable bonds is 8. The zero-order chi connectivity index (χ0) is 22.4. The number of sulfonamides is 1. The van der Waals surface area contributed by atoms with Crippen molar-refractivity contribution in [3.63, 3.8) is 0 Å². The van der Waals surface area contributed by atoms with Crippen LogP contribution in [-0.2, 0) is 14.8 Å². The fraction of sp³-hybridized carbons (Fsp3) is 0.174. The maximum atomic E-state index is 12.7. The van der Waals surface area contributed by atoms with Gasteiger partial charge in [0, 0.05) is 27.8 Å². The fourth-order valence-corrected chi connectivity index (χ4v) is 4.88. The Morgan fingerprint density at radius 1 is 0.968 bits per heavy atom. The molecule has 0 aromatic heterocycles. The van der Waals surface area contributed by atoms with E-state index < -0.39 is 10.0 Å². The molecule has 5 nitrogen and oxygen atoms in total. The number of thioether (sulfide) groups is 1. The van der Waals surface area contributed by atoms with E-state index >= 15 is 0 Å². The predicted molar refractivity (Wildman–Crippen MR) is 129 cm³/mol. The number of aryl methyl sites for hydroxylation is 2. The molecule has 0 aliphatic heterocycles. The summed E-state index contributed by atoms with van der Waals surface area (Å²) < 4.78 is 28.0. The number of carbonyl (C=O) groups is 1. The van der Waals surface area contributed by atoms with Crippen LogP contribution in [0.2, 0.25) is 5.02 Å². The summed E-state index contributed by atoms with van der Waals surface area (Å²) in [6.45, 7) is 3.75. The number of halogens is 1. The van der Waals surface area contributed by atoms with Gasteiger partial charge >= 0.3 is 0 Å². The first-order chi connectivity index (χ1) is 14.7. The summed E-state index contributed by atoms with van der Waals surface area (Å²) in [5, 5.41) is 3.47. The molecule has 0 saturated carbocycles. The topological polar surface area (TPSA) is 75.3 Å². The van der Waals surface area contributed by atoms with E-state index in [-0.39, 0.29) is 10.8 Å². The van der Waals surface area contributed by atoms with E-state index in [9.17, 15) is 13.2 Å². The van der Waals surface area contributed by atoms with Crippen molar-refractivity contribution >= 4 is 50.7 Å². The third-order valence-corrected chi connectivity index (χ3v) is 7.14. The number of anilines is 2. The molecule has 0 radical (unpaired) electrons. The van der Waals surface area contributed by atoms with Crippen LogP contribution in [0.5, 0.6) is 0 Å². The summed E-state index contributed by atoms with van der Waals surface area (Å²) in [5.74, 6) is 0.491. The van der Waals surface area contributed by atoms with Gasteiger partial charge in [0.1, 0.15) is 0 Å². The van der Waals surface area contributed by atoms with Gasteiger partial charge in [0.15, 0.2) is 0 Å². The lowest BCUT2D eigenvalue weighted by Gasteiger charge is -2.12. The van der Waals surface area contributed by atoms with Gasteiger partial charge in [-0.05, 0) is 79.6 Å². The average molecular weight is 475 g/mol. The highest BCUT2D eigenvalue weighted by Crippen LogP contribution is 2.23. The minimum absolute atomic E-state index is 0.129. The Kier molecular flexibility index (Phi) is 7.64. The summed E-state index contributed by atoms with van der Waals surface area (Å²) in [6.07, 6.45) is 0.335. The SMILES string of the molecule is Cc1ccc(C)c(NS(=O)(=O)c2ccc(NC(=O)CCSc3ccc(Cl)cc3)cc2)c1. The molecular formula is C23H23ClN2O3S2. The summed E-state index contributed by atoms with van der Waals surface area (Å²) in [5.41, 5.74) is 2.91. The summed E-state index contributed by atoms with van der Waals surface area (Å²) in [4.78, 5) is 13.3. The number of hydrogen-bond donors (Lipinski definition) is 2. The van der Waals surface area contributed by atoms with Gasteiger partial charge in [-0.25, -0.2) is 8.42 Å².